The number of hydrogen-bond donors (Lipinski definition) is 4. The van der Waals surface area contributed by atoms with Crippen LogP contribution >= 0.6 is 11.8 Å². The lowest BCUT2D eigenvalue weighted by Gasteiger charge is -2.38. The standard InChI is InChI=1S/C39H38N8O3S/c1-39(23-50-35(48)17-8-7-16-34-37-33(22-51-34)40-38(49)41-37)42-31-15-9-14-27-30(20-21-32(43-39)36(27)31)47-46-29-19-18-28(25-12-5-6-13-26(25)29)45-44-24-10-3-2-4-11-24/h2-6,9-15,18-21,33-34,37,42-43H,7-8,16-17,22-23H2,1H3,(H2,40,41,49). The number of azo groups is 2. The van der Waals surface area contributed by atoms with Crippen LogP contribution in [0.2, 0.25) is 0 Å². The lowest BCUT2D eigenvalue weighted by atomic mass is 9.99. The van der Waals surface area contributed by atoms with E-state index in [2.05, 4.69) is 31.5 Å². The fraction of sp³-hybridized carbons (Fsp3) is 0.282. The van der Waals surface area contributed by atoms with E-state index in [0.717, 1.165) is 80.7 Å². The van der Waals surface area contributed by atoms with Gasteiger partial charge in [-0.05, 0) is 62.2 Å². The number of nitrogens with zero attached hydrogens (tertiary/aromatic N) is 4. The predicted molar refractivity (Wildman–Crippen MR) is 203 cm³/mol. The number of esters is 1. The number of amides is 2. The molecule has 0 radical (unpaired) electrons. The van der Waals surface area contributed by atoms with Gasteiger partial charge in [-0.3, -0.25) is 4.79 Å². The number of unbranched alkanes of at least 4 members (excludes halogenated alkanes) is 1. The number of nitrogens with one attached hydrogen (secondary N) is 4. The van der Waals surface area contributed by atoms with Gasteiger partial charge in [0.25, 0.3) is 0 Å². The van der Waals surface area contributed by atoms with Crippen molar-refractivity contribution in [3.05, 3.63) is 97.1 Å². The first kappa shape index (κ1) is 32.7. The maximum Gasteiger partial charge on any atom is 0.315 e. The lowest BCUT2D eigenvalue weighted by molar-refractivity contribution is -0.144. The highest BCUT2D eigenvalue weighted by molar-refractivity contribution is 8.00. The Morgan fingerprint density at radius 3 is 2.18 bits per heavy atom. The van der Waals surface area contributed by atoms with Crippen LogP contribution in [-0.4, -0.2) is 47.4 Å². The lowest BCUT2D eigenvalue weighted by Crippen LogP contribution is -2.49. The zero-order valence-electron chi connectivity index (χ0n) is 28.1. The largest absolute Gasteiger partial charge is 0.461 e. The number of anilines is 2. The summed E-state index contributed by atoms with van der Waals surface area (Å²) in [6.07, 6.45) is 3.00. The summed E-state index contributed by atoms with van der Waals surface area (Å²) in [4.78, 5) is 24.4. The van der Waals surface area contributed by atoms with Gasteiger partial charge < -0.3 is 26.0 Å². The third-order valence-electron chi connectivity index (χ3n) is 9.59. The van der Waals surface area contributed by atoms with Crippen LogP contribution in [0.25, 0.3) is 21.5 Å². The van der Waals surface area contributed by atoms with Crippen LogP contribution in [0, 0.1) is 0 Å². The van der Waals surface area contributed by atoms with Crippen LogP contribution in [0.4, 0.5) is 38.9 Å². The first-order valence-electron chi connectivity index (χ1n) is 17.3. The van der Waals surface area contributed by atoms with Crippen LogP contribution in [0.5, 0.6) is 0 Å². The summed E-state index contributed by atoms with van der Waals surface area (Å²) in [5.41, 5.74) is 4.19. The van der Waals surface area contributed by atoms with Crippen LogP contribution in [-0.2, 0) is 9.53 Å². The molecular weight excluding hydrogens is 661 g/mol. The number of rotatable bonds is 11. The smallest absolute Gasteiger partial charge is 0.315 e. The van der Waals surface area contributed by atoms with E-state index in [1.165, 1.54) is 0 Å². The first-order chi connectivity index (χ1) is 24.9. The number of hydrogen-bond acceptors (Lipinski definition) is 10. The number of urea groups is 1. The average Bonchev–Trinajstić information content (AvgIpc) is 3.71. The third kappa shape index (κ3) is 6.96. The zero-order valence-corrected chi connectivity index (χ0v) is 29.0. The molecule has 51 heavy (non-hydrogen) atoms. The van der Waals surface area contributed by atoms with Crippen molar-refractivity contribution in [1.82, 2.24) is 10.6 Å². The minimum Gasteiger partial charge on any atom is -0.461 e. The van der Waals surface area contributed by atoms with Crippen molar-refractivity contribution in [2.45, 2.75) is 55.6 Å². The van der Waals surface area contributed by atoms with Crippen LogP contribution in [0.15, 0.2) is 118 Å². The Morgan fingerprint density at radius 2 is 1.41 bits per heavy atom. The molecule has 2 fully saturated rings. The topological polar surface area (TPSA) is 141 Å². The summed E-state index contributed by atoms with van der Waals surface area (Å²) in [7, 11) is 0. The fourth-order valence-corrected chi connectivity index (χ4v) is 8.64. The van der Waals surface area contributed by atoms with Crippen molar-refractivity contribution in [2.75, 3.05) is 23.0 Å². The van der Waals surface area contributed by atoms with E-state index < -0.39 is 5.66 Å². The van der Waals surface area contributed by atoms with Gasteiger partial charge in [0.05, 0.1) is 34.8 Å². The molecule has 5 aromatic carbocycles. The molecule has 4 atom stereocenters. The van der Waals surface area contributed by atoms with Gasteiger partial charge >= 0.3 is 12.0 Å². The zero-order chi connectivity index (χ0) is 34.8. The Kier molecular flexibility index (Phi) is 8.99. The molecule has 3 aliphatic rings. The second-order valence-corrected chi connectivity index (χ2v) is 14.6. The van der Waals surface area contributed by atoms with E-state index in [1.807, 2.05) is 116 Å². The molecule has 11 nitrogen and oxygen atoms in total. The monoisotopic (exact) mass is 698 g/mol. The molecule has 2 saturated heterocycles. The van der Waals surface area contributed by atoms with E-state index in [1.54, 1.807) is 0 Å². The molecule has 12 heteroatoms. The number of fused-ring (bicyclic) bond motifs is 2. The number of ether oxygens (including phenoxy) is 1. The molecule has 0 aliphatic carbocycles. The van der Waals surface area contributed by atoms with Crippen molar-refractivity contribution in [2.24, 2.45) is 20.5 Å². The molecule has 4 N–H and O–H groups in total. The van der Waals surface area contributed by atoms with Crippen molar-refractivity contribution in [3.63, 3.8) is 0 Å². The van der Waals surface area contributed by atoms with E-state index >= 15 is 0 Å². The minimum absolute atomic E-state index is 0.0717. The molecule has 0 bridgehead atoms. The Labute approximate surface area is 299 Å². The maximum atomic E-state index is 12.7. The Balaban J connectivity index is 0.915. The van der Waals surface area contributed by atoms with Gasteiger partial charge in [-0.25, -0.2) is 4.79 Å². The highest BCUT2D eigenvalue weighted by Crippen LogP contribution is 2.43. The van der Waals surface area contributed by atoms with E-state index in [9.17, 15) is 9.59 Å². The number of benzene rings is 5. The highest BCUT2D eigenvalue weighted by Gasteiger charge is 2.42. The van der Waals surface area contributed by atoms with Gasteiger partial charge in [-0.2, -0.15) is 16.9 Å². The van der Waals surface area contributed by atoms with E-state index in [4.69, 9.17) is 15.0 Å². The first-order valence-corrected chi connectivity index (χ1v) is 18.3. The normalized spacial score (nSPS) is 22.1. The Hall–Kier alpha value is -5.49. The molecule has 2 amide bonds. The summed E-state index contributed by atoms with van der Waals surface area (Å²) < 4.78 is 5.76. The predicted octanol–water partition coefficient (Wildman–Crippen LogP) is 9.65. The minimum atomic E-state index is -0.693. The molecule has 4 unspecified atom stereocenters. The Bertz CT molecular complexity index is 2160. The second-order valence-electron chi connectivity index (χ2n) is 13.4. The summed E-state index contributed by atoms with van der Waals surface area (Å²) in [6.45, 7) is 2.15. The van der Waals surface area contributed by atoms with Crippen molar-refractivity contribution >= 4 is 79.4 Å². The number of carbonyl (C=O) groups is 2. The molecule has 0 saturated carbocycles. The molecule has 258 valence electrons. The number of thioether (sulfide) groups is 1. The summed E-state index contributed by atoms with van der Waals surface area (Å²) in [5, 5.41) is 35.7. The molecule has 5 aromatic rings. The van der Waals surface area contributed by atoms with Crippen molar-refractivity contribution < 1.29 is 14.3 Å². The van der Waals surface area contributed by atoms with Gasteiger partial charge in [0.1, 0.15) is 12.3 Å². The third-order valence-corrected chi connectivity index (χ3v) is 11.1. The molecule has 0 spiro atoms. The Morgan fingerprint density at radius 1 is 0.765 bits per heavy atom. The average molecular weight is 699 g/mol. The summed E-state index contributed by atoms with van der Waals surface area (Å²) >= 11 is 1.89. The maximum absolute atomic E-state index is 12.7. The molecule has 3 heterocycles. The van der Waals surface area contributed by atoms with Crippen molar-refractivity contribution in [3.8, 4) is 0 Å². The summed E-state index contributed by atoms with van der Waals surface area (Å²) in [6, 6.07) is 31.8. The molecule has 8 rings (SSSR count). The van der Waals surface area contributed by atoms with Crippen LogP contribution < -0.4 is 21.3 Å². The molecular formula is C39H38N8O3S. The van der Waals surface area contributed by atoms with Crippen LogP contribution in [0.1, 0.15) is 32.6 Å². The second kappa shape index (κ2) is 14.0. The van der Waals surface area contributed by atoms with Gasteiger partial charge in [0.2, 0.25) is 0 Å². The van der Waals surface area contributed by atoms with Gasteiger partial charge in [0, 0.05) is 50.3 Å². The van der Waals surface area contributed by atoms with Gasteiger partial charge in [-0.15, -0.1) is 15.3 Å². The number of carbonyl (C=O) groups excluding carboxylic acids is 2. The quantitative estimate of drug-likeness (QED) is 0.0469. The summed E-state index contributed by atoms with van der Waals surface area (Å²) in [5.74, 6) is 0.722. The van der Waals surface area contributed by atoms with Gasteiger partial charge in [-0.1, -0.05) is 61.0 Å². The van der Waals surface area contributed by atoms with Crippen LogP contribution in [0.3, 0.4) is 0 Å². The molecule has 3 aliphatic heterocycles. The van der Waals surface area contributed by atoms with Crippen molar-refractivity contribution in [1.29, 1.82) is 0 Å². The van der Waals surface area contributed by atoms with Gasteiger partial charge in [0.15, 0.2) is 0 Å². The van der Waals surface area contributed by atoms with E-state index in [-0.39, 0.29) is 30.7 Å². The van der Waals surface area contributed by atoms with E-state index in [0.29, 0.717) is 11.7 Å². The fourth-order valence-electron chi connectivity index (χ4n) is 7.10. The molecule has 0 aromatic heterocycles. The SMILES string of the molecule is CC1(COC(=O)CCCCC2SCC3NC(=O)NC32)Nc2cccc3c(N=Nc4ccc(N=Nc5ccccc5)c5ccccc45)ccc(c23)N1. The highest BCUT2D eigenvalue weighted by atomic mass is 32.2.